The Kier molecular flexibility index (Phi) is 4.44. The van der Waals surface area contributed by atoms with Crippen molar-refractivity contribution in [2.24, 2.45) is 4.99 Å². The molecule has 0 bridgehead atoms. The Labute approximate surface area is 146 Å². The molecule has 0 aliphatic carbocycles. The highest BCUT2D eigenvalue weighted by Crippen LogP contribution is 2.31. The molecular formula is C20H20N2O3. The number of benzene rings is 2. The number of ether oxygens (including phenoxy) is 2. The van der Waals surface area contributed by atoms with Crippen LogP contribution in [0.5, 0.6) is 0 Å². The van der Waals surface area contributed by atoms with E-state index in [0.29, 0.717) is 25.1 Å². The molecule has 25 heavy (non-hydrogen) atoms. The zero-order chi connectivity index (χ0) is 17.2. The van der Waals surface area contributed by atoms with Gasteiger partial charge in [0, 0.05) is 31.3 Å². The molecule has 0 aromatic heterocycles. The van der Waals surface area contributed by atoms with Crippen LogP contribution in [-0.4, -0.2) is 38.0 Å². The van der Waals surface area contributed by atoms with E-state index in [9.17, 15) is 4.79 Å². The third-order valence-corrected chi connectivity index (χ3v) is 4.63. The number of hydrogen-bond donors (Lipinski definition) is 1. The van der Waals surface area contributed by atoms with Gasteiger partial charge in [0.15, 0.2) is 12.1 Å². The summed E-state index contributed by atoms with van der Waals surface area (Å²) in [6.45, 7) is 1.37. The summed E-state index contributed by atoms with van der Waals surface area (Å²) >= 11 is 0. The highest BCUT2D eigenvalue weighted by Gasteiger charge is 2.28. The summed E-state index contributed by atoms with van der Waals surface area (Å²) in [7, 11) is 1.64. The van der Waals surface area contributed by atoms with Crippen molar-refractivity contribution >= 4 is 17.2 Å². The van der Waals surface area contributed by atoms with Crippen LogP contribution in [0.2, 0.25) is 0 Å². The second-order valence-electron chi connectivity index (χ2n) is 6.21. The third kappa shape index (κ3) is 3.14. The van der Waals surface area contributed by atoms with Gasteiger partial charge in [0.2, 0.25) is 0 Å². The third-order valence-electron chi connectivity index (χ3n) is 4.63. The molecule has 2 aliphatic heterocycles. The van der Waals surface area contributed by atoms with Crippen LogP contribution in [0.1, 0.15) is 34.0 Å². The summed E-state index contributed by atoms with van der Waals surface area (Å²) in [5.41, 5.74) is 4.22. The van der Waals surface area contributed by atoms with Crippen LogP contribution >= 0.6 is 0 Å². The van der Waals surface area contributed by atoms with Crippen LogP contribution in [-0.2, 0) is 9.47 Å². The number of ketones is 1. The molecule has 1 saturated heterocycles. The van der Waals surface area contributed by atoms with Crippen molar-refractivity contribution in [2.45, 2.75) is 18.8 Å². The van der Waals surface area contributed by atoms with Crippen molar-refractivity contribution in [1.82, 2.24) is 5.32 Å². The van der Waals surface area contributed by atoms with Crippen LogP contribution in [0.4, 0.5) is 5.69 Å². The summed E-state index contributed by atoms with van der Waals surface area (Å²) in [5.74, 6) is 0.104. The van der Waals surface area contributed by atoms with Crippen molar-refractivity contribution in [1.29, 1.82) is 0 Å². The molecule has 0 spiro atoms. The first-order valence-corrected chi connectivity index (χ1v) is 8.44. The van der Waals surface area contributed by atoms with Crippen LogP contribution < -0.4 is 5.32 Å². The molecule has 2 aliphatic rings. The van der Waals surface area contributed by atoms with Gasteiger partial charge in [-0.15, -0.1) is 0 Å². The number of para-hydroxylation sites is 1. The molecule has 5 nitrogen and oxygen atoms in total. The Bertz CT molecular complexity index is 831. The van der Waals surface area contributed by atoms with Crippen molar-refractivity contribution in [3.8, 4) is 0 Å². The Morgan fingerprint density at radius 3 is 2.68 bits per heavy atom. The second kappa shape index (κ2) is 6.88. The van der Waals surface area contributed by atoms with Crippen molar-refractivity contribution in [3.63, 3.8) is 0 Å². The zero-order valence-electron chi connectivity index (χ0n) is 14.1. The molecule has 0 radical (unpaired) electrons. The quantitative estimate of drug-likeness (QED) is 0.936. The molecule has 1 fully saturated rings. The van der Waals surface area contributed by atoms with E-state index >= 15 is 0 Å². The molecule has 0 saturated carbocycles. The average molecular weight is 336 g/mol. The number of carbonyl (C=O) groups is 1. The standard InChI is InChI=1S/C20H20N2O3/c1-24-20-12-21-11-19(25-20)14-7-3-2-6-13(14)17-10-18(23)15-8-4-5-9-16(15)22-17/h2-9,19-21H,10-12H2,1H3. The number of fused-ring (bicyclic) bond motifs is 1. The predicted molar refractivity (Wildman–Crippen MR) is 95.5 cm³/mol. The average Bonchev–Trinajstić information content (AvgIpc) is 2.68. The number of nitrogens with zero attached hydrogens (tertiary/aromatic N) is 1. The van der Waals surface area contributed by atoms with Gasteiger partial charge in [-0.25, -0.2) is 0 Å². The number of morpholine rings is 1. The lowest BCUT2D eigenvalue weighted by Crippen LogP contribution is -2.41. The van der Waals surface area contributed by atoms with Crippen molar-refractivity contribution in [2.75, 3.05) is 20.2 Å². The monoisotopic (exact) mass is 336 g/mol. The van der Waals surface area contributed by atoms with Gasteiger partial charge in [-0.1, -0.05) is 36.4 Å². The summed E-state index contributed by atoms with van der Waals surface area (Å²) in [6.07, 6.45) is -0.102. The number of methoxy groups -OCH3 is 1. The second-order valence-corrected chi connectivity index (χ2v) is 6.21. The Balaban J connectivity index is 1.73. The molecule has 2 atom stereocenters. The first-order valence-electron chi connectivity index (χ1n) is 8.44. The lowest BCUT2D eigenvalue weighted by Gasteiger charge is -2.31. The molecular weight excluding hydrogens is 316 g/mol. The SMILES string of the molecule is COC1CNCC(c2ccccc2C2=Nc3ccccc3C(=O)C2)O1. The summed E-state index contributed by atoms with van der Waals surface area (Å²) in [4.78, 5) is 17.3. The van der Waals surface area contributed by atoms with E-state index in [1.165, 1.54) is 0 Å². The Morgan fingerprint density at radius 2 is 1.84 bits per heavy atom. The maximum Gasteiger partial charge on any atom is 0.171 e. The van der Waals surface area contributed by atoms with Gasteiger partial charge < -0.3 is 14.8 Å². The van der Waals surface area contributed by atoms with Gasteiger partial charge in [0.05, 0.1) is 23.9 Å². The van der Waals surface area contributed by atoms with Gasteiger partial charge >= 0.3 is 0 Å². The normalized spacial score (nSPS) is 23.1. The number of hydrogen-bond acceptors (Lipinski definition) is 5. The fourth-order valence-corrected chi connectivity index (χ4v) is 3.37. The minimum Gasteiger partial charge on any atom is -0.355 e. The highest BCUT2D eigenvalue weighted by atomic mass is 16.7. The van der Waals surface area contributed by atoms with E-state index in [2.05, 4.69) is 5.32 Å². The first kappa shape index (κ1) is 16.1. The van der Waals surface area contributed by atoms with E-state index < -0.39 is 0 Å². The molecule has 2 aromatic rings. The van der Waals surface area contributed by atoms with Crippen LogP contribution in [0, 0.1) is 0 Å². The molecule has 4 rings (SSSR count). The topological polar surface area (TPSA) is 59.9 Å². The molecule has 0 amide bonds. The van der Waals surface area contributed by atoms with Gasteiger partial charge in [0.1, 0.15) is 0 Å². The van der Waals surface area contributed by atoms with Crippen LogP contribution in [0.15, 0.2) is 53.5 Å². The molecule has 2 heterocycles. The molecule has 5 heteroatoms. The fourth-order valence-electron chi connectivity index (χ4n) is 3.37. The molecule has 2 aromatic carbocycles. The summed E-state index contributed by atoms with van der Waals surface area (Å²) in [5, 5.41) is 3.33. The van der Waals surface area contributed by atoms with Gasteiger partial charge in [0.25, 0.3) is 0 Å². The summed E-state index contributed by atoms with van der Waals surface area (Å²) < 4.78 is 11.3. The number of aliphatic imine (C=N–C) groups is 1. The predicted octanol–water partition coefficient (Wildman–Crippen LogP) is 3.03. The van der Waals surface area contributed by atoms with E-state index in [1.54, 1.807) is 7.11 Å². The Hall–Kier alpha value is -2.34. The molecule has 2 unspecified atom stereocenters. The summed E-state index contributed by atoms with van der Waals surface area (Å²) in [6, 6.07) is 15.5. The lowest BCUT2D eigenvalue weighted by atomic mass is 9.91. The Morgan fingerprint density at radius 1 is 1.08 bits per heavy atom. The van der Waals surface area contributed by atoms with Gasteiger partial charge in [-0.05, 0) is 17.7 Å². The number of nitrogens with one attached hydrogen (secondary N) is 1. The van der Waals surface area contributed by atoms with Crippen LogP contribution in [0.25, 0.3) is 0 Å². The molecule has 128 valence electrons. The van der Waals surface area contributed by atoms with E-state index in [-0.39, 0.29) is 18.2 Å². The van der Waals surface area contributed by atoms with Crippen molar-refractivity contribution < 1.29 is 14.3 Å². The zero-order valence-corrected chi connectivity index (χ0v) is 14.1. The van der Waals surface area contributed by atoms with Crippen molar-refractivity contribution in [3.05, 3.63) is 65.2 Å². The lowest BCUT2D eigenvalue weighted by molar-refractivity contribution is -0.171. The van der Waals surface area contributed by atoms with Crippen LogP contribution in [0.3, 0.4) is 0 Å². The highest BCUT2D eigenvalue weighted by molar-refractivity contribution is 6.21. The van der Waals surface area contributed by atoms with Gasteiger partial charge in [-0.2, -0.15) is 0 Å². The van der Waals surface area contributed by atoms with E-state index in [4.69, 9.17) is 14.5 Å². The smallest absolute Gasteiger partial charge is 0.171 e. The van der Waals surface area contributed by atoms with E-state index in [0.717, 1.165) is 22.5 Å². The fraction of sp³-hybridized carbons (Fsp3) is 0.300. The number of rotatable bonds is 3. The van der Waals surface area contributed by atoms with E-state index in [1.807, 2.05) is 48.5 Å². The maximum absolute atomic E-state index is 12.5. The number of Topliss-reactive ketones (excluding diaryl/α,β-unsaturated/α-hetero) is 1. The first-order chi connectivity index (χ1) is 12.3. The molecule has 1 N–H and O–H groups in total. The number of carbonyl (C=O) groups excluding carboxylic acids is 1. The van der Waals surface area contributed by atoms with Gasteiger partial charge in [-0.3, -0.25) is 9.79 Å². The largest absolute Gasteiger partial charge is 0.355 e. The minimum atomic E-state index is -0.276. The maximum atomic E-state index is 12.5. The minimum absolute atomic E-state index is 0.104.